The number of pyridine rings is 1. The van der Waals surface area contributed by atoms with Crippen molar-refractivity contribution < 1.29 is 9.59 Å². The molecule has 1 atom stereocenters. The molecule has 0 radical (unpaired) electrons. The quantitative estimate of drug-likeness (QED) is 0.863. The Hall–Kier alpha value is -1.56. The Labute approximate surface area is 135 Å². The second kappa shape index (κ2) is 6.69. The number of hydrogen-bond donors (Lipinski definition) is 1. The molecule has 0 aromatic carbocycles. The van der Waals surface area contributed by atoms with Crippen LogP contribution in [0.2, 0.25) is 0 Å². The number of amides is 2. The van der Waals surface area contributed by atoms with E-state index in [0.29, 0.717) is 10.6 Å². The van der Waals surface area contributed by atoms with E-state index in [-0.39, 0.29) is 11.2 Å². The summed E-state index contributed by atoms with van der Waals surface area (Å²) in [6, 6.07) is 0. The van der Waals surface area contributed by atoms with Crippen molar-refractivity contribution in [2.24, 2.45) is 5.73 Å². The molecule has 120 valence electrons. The maximum atomic E-state index is 12.4. The smallest absolute Gasteiger partial charge is 0.251 e. The number of carbonyl (C=O) groups is 2. The van der Waals surface area contributed by atoms with Crippen molar-refractivity contribution in [3.05, 3.63) is 22.4 Å². The third kappa shape index (κ3) is 3.27. The van der Waals surface area contributed by atoms with Crippen LogP contribution in [0, 0.1) is 20.8 Å². The third-order valence-corrected chi connectivity index (χ3v) is 5.34. The van der Waals surface area contributed by atoms with Gasteiger partial charge in [0.1, 0.15) is 5.03 Å². The summed E-state index contributed by atoms with van der Waals surface area (Å²) < 4.78 is 0. The number of carbonyl (C=O) groups excluding carboxylic acids is 2. The SMILES string of the molecule is Cc1nc(SC(C)C(=O)N2CCCC2)c(C(N)=O)c(C)c1C. The summed E-state index contributed by atoms with van der Waals surface area (Å²) >= 11 is 1.33. The Morgan fingerprint density at radius 3 is 2.32 bits per heavy atom. The monoisotopic (exact) mass is 321 g/mol. The predicted octanol–water partition coefficient (Wildman–Crippen LogP) is 2.21. The maximum Gasteiger partial charge on any atom is 0.251 e. The van der Waals surface area contributed by atoms with E-state index in [9.17, 15) is 9.59 Å². The molecule has 22 heavy (non-hydrogen) atoms. The largest absolute Gasteiger partial charge is 0.366 e. The molecule has 1 aliphatic rings. The van der Waals surface area contributed by atoms with Gasteiger partial charge >= 0.3 is 0 Å². The van der Waals surface area contributed by atoms with Gasteiger partial charge in [0, 0.05) is 18.8 Å². The molecular formula is C16H23N3O2S. The van der Waals surface area contributed by atoms with E-state index >= 15 is 0 Å². The minimum atomic E-state index is -0.489. The van der Waals surface area contributed by atoms with Gasteiger partial charge < -0.3 is 10.6 Å². The van der Waals surface area contributed by atoms with Crippen molar-refractivity contribution in [1.29, 1.82) is 0 Å². The molecule has 1 aromatic rings. The lowest BCUT2D eigenvalue weighted by atomic mass is 10.0. The van der Waals surface area contributed by atoms with Crippen LogP contribution in [0.3, 0.4) is 0 Å². The molecule has 0 bridgehead atoms. The summed E-state index contributed by atoms with van der Waals surface area (Å²) in [5, 5.41) is 0.290. The summed E-state index contributed by atoms with van der Waals surface area (Å²) in [7, 11) is 0. The molecule has 2 heterocycles. The highest BCUT2D eigenvalue weighted by Gasteiger charge is 2.26. The highest BCUT2D eigenvalue weighted by molar-refractivity contribution is 8.00. The molecule has 5 nitrogen and oxygen atoms in total. The van der Waals surface area contributed by atoms with Crippen molar-refractivity contribution in [2.75, 3.05) is 13.1 Å². The second-order valence-electron chi connectivity index (χ2n) is 5.78. The van der Waals surface area contributed by atoms with E-state index in [1.165, 1.54) is 11.8 Å². The number of likely N-dealkylation sites (tertiary alicyclic amines) is 1. The van der Waals surface area contributed by atoms with Crippen molar-refractivity contribution in [2.45, 2.75) is 50.8 Å². The Balaban J connectivity index is 2.28. The lowest BCUT2D eigenvalue weighted by Crippen LogP contribution is -2.34. The van der Waals surface area contributed by atoms with Gasteiger partial charge in [-0.15, -0.1) is 0 Å². The number of nitrogens with zero attached hydrogens (tertiary/aromatic N) is 2. The average molecular weight is 321 g/mol. The lowest BCUT2D eigenvalue weighted by Gasteiger charge is -2.21. The minimum Gasteiger partial charge on any atom is -0.366 e. The Bertz CT molecular complexity index is 610. The Morgan fingerprint density at radius 2 is 1.77 bits per heavy atom. The van der Waals surface area contributed by atoms with Crippen LogP contribution in [-0.2, 0) is 4.79 Å². The molecule has 2 rings (SSSR count). The first-order chi connectivity index (χ1) is 10.3. The number of hydrogen-bond acceptors (Lipinski definition) is 4. The van der Waals surface area contributed by atoms with Gasteiger partial charge in [0.05, 0.1) is 10.8 Å². The molecule has 1 aliphatic heterocycles. The molecule has 1 aromatic heterocycles. The summed E-state index contributed by atoms with van der Waals surface area (Å²) in [4.78, 5) is 30.6. The molecule has 2 N–H and O–H groups in total. The highest BCUT2D eigenvalue weighted by Crippen LogP contribution is 2.30. The topological polar surface area (TPSA) is 76.3 Å². The van der Waals surface area contributed by atoms with Crippen LogP contribution in [0.15, 0.2) is 5.03 Å². The molecule has 1 saturated heterocycles. The molecular weight excluding hydrogens is 298 g/mol. The molecule has 0 saturated carbocycles. The number of thioether (sulfide) groups is 1. The van der Waals surface area contributed by atoms with E-state index in [4.69, 9.17) is 5.73 Å². The van der Waals surface area contributed by atoms with Gasteiger partial charge in [-0.2, -0.15) is 0 Å². The van der Waals surface area contributed by atoms with Crippen LogP contribution in [0.25, 0.3) is 0 Å². The zero-order valence-corrected chi connectivity index (χ0v) is 14.4. The van der Waals surface area contributed by atoms with Crippen molar-refractivity contribution in [3.8, 4) is 0 Å². The Morgan fingerprint density at radius 1 is 1.18 bits per heavy atom. The molecule has 0 aliphatic carbocycles. The van der Waals surface area contributed by atoms with Crippen LogP contribution < -0.4 is 5.73 Å². The van der Waals surface area contributed by atoms with Crippen LogP contribution >= 0.6 is 11.8 Å². The number of primary amides is 1. The zero-order chi connectivity index (χ0) is 16.4. The molecule has 6 heteroatoms. The first-order valence-electron chi connectivity index (χ1n) is 7.56. The van der Waals surface area contributed by atoms with Gasteiger partial charge in [-0.1, -0.05) is 11.8 Å². The molecule has 0 spiro atoms. The van der Waals surface area contributed by atoms with Crippen LogP contribution in [0.1, 0.15) is 46.9 Å². The third-order valence-electron chi connectivity index (χ3n) is 4.26. The van der Waals surface area contributed by atoms with Gasteiger partial charge in [-0.3, -0.25) is 9.59 Å². The van der Waals surface area contributed by atoms with E-state index in [1.54, 1.807) is 0 Å². The summed E-state index contributed by atoms with van der Waals surface area (Å²) in [6.07, 6.45) is 2.13. The molecule has 1 unspecified atom stereocenters. The normalized spacial score (nSPS) is 15.9. The fraction of sp³-hybridized carbons (Fsp3) is 0.562. The van der Waals surface area contributed by atoms with Gasteiger partial charge in [0.15, 0.2) is 0 Å². The summed E-state index contributed by atoms with van der Waals surface area (Å²) in [5.74, 6) is -0.382. The van der Waals surface area contributed by atoms with Gasteiger partial charge in [-0.25, -0.2) is 4.98 Å². The zero-order valence-electron chi connectivity index (χ0n) is 13.6. The molecule has 2 amide bonds. The van der Waals surface area contributed by atoms with Crippen molar-refractivity contribution in [3.63, 3.8) is 0 Å². The summed E-state index contributed by atoms with van der Waals surface area (Å²) in [6.45, 7) is 9.22. The van der Waals surface area contributed by atoms with E-state index in [1.807, 2.05) is 32.6 Å². The van der Waals surface area contributed by atoms with Crippen molar-refractivity contribution in [1.82, 2.24) is 9.88 Å². The maximum absolute atomic E-state index is 12.4. The number of nitrogens with two attached hydrogens (primary N) is 1. The van der Waals surface area contributed by atoms with Crippen LogP contribution in [-0.4, -0.2) is 40.0 Å². The van der Waals surface area contributed by atoms with E-state index < -0.39 is 5.91 Å². The summed E-state index contributed by atoms with van der Waals surface area (Å²) in [5.41, 5.74) is 8.65. The Kier molecular flexibility index (Phi) is 5.11. The van der Waals surface area contributed by atoms with Gasteiger partial charge in [0.2, 0.25) is 5.91 Å². The van der Waals surface area contributed by atoms with Gasteiger partial charge in [0.25, 0.3) is 5.91 Å². The minimum absolute atomic E-state index is 0.107. The fourth-order valence-corrected chi connectivity index (χ4v) is 3.85. The van der Waals surface area contributed by atoms with E-state index in [2.05, 4.69) is 4.98 Å². The number of aryl methyl sites for hydroxylation is 1. The first-order valence-corrected chi connectivity index (χ1v) is 8.44. The van der Waals surface area contributed by atoms with Gasteiger partial charge in [-0.05, 0) is 51.7 Å². The highest BCUT2D eigenvalue weighted by atomic mass is 32.2. The number of rotatable bonds is 4. The fourth-order valence-electron chi connectivity index (χ4n) is 2.70. The van der Waals surface area contributed by atoms with Crippen LogP contribution in [0.4, 0.5) is 0 Å². The second-order valence-corrected chi connectivity index (χ2v) is 7.11. The lowest BCUT2D eigenvalue weighted by molar-refractivity contribution is -0.129. The van der Waals surface area contributed by atoms with Crippen LogP contribution in [0.5, 0.6) is 0 Å². The van der Waals surface area contributed by atoms with E-state index in [0.717, 1.165) is 42.8 Å². The van der Waals surface area contributed by atoms with Crippen molar-refractivity contribution >= 4 is 23.6 Å². The standard InChI is InChI=1S/C16H23N3O2S/c1-9-10(2)13(14(17)20)15(18-11(9)3)22-12(4)16(21)19-7-5-6-8-19/h12H,5-8H2,1-4H3,(H2,17,20). The molecule has 1 fully saturated rings. The average Bonchev–Trinajstić information content (AvgIpc) is 2.97. The first kappa shape index (κ1) is 16.8. The number of aromatic nitrogens is 1. The predicted molar refractivity (Wildman–Crippen MR) is 88.1 cm³/mol.